The molecule has 0 fully saturated rings. The van der Waals surface area contributed by atoms with Crippen molar-refractivity contribution in [3.63, 3.8) is 0 Å². The number of aromatic nitrogens is 1. The van der Waals surface area contributed by atoms with E-state index in [1.165, 1.54) is 12.1 Å². The Balaban J connectivity index is 1.83. The number of benzene rings is 1. The second-order valence-electron chi connectivity index (χ2n) is 5.98. The zero-order chi connectivity index (χ0) is 18.9. The molecule has 0 saturated carbocycles. The number of furan rings is 1. The Hall–Kier alpha value is -2.96. The Kier molecular flexibility index (Phi) is 4.63. The molecule has 0 aliphatic heterocycles. The van der Waals surface area contributed by atoms with Gasteiger partial charge in [0.15, 0.2) is 0 Å². The van der Waals surface area contributed by atoms with E-state index < -0.39 is 17.6 Å². The maximum absolute atomic E-state index is 12.8. The van der Waals surface area contributed by atoms with Crippen molar-refractivity contribution in [2.24, 2.45) is 0 Å². The molecule has 0 atom stereocenters. The third-order valence-corrected chi connectivity index (χ3v) is 4.16. The van der Waals surface area contributed by atoms with Crippen molar-refractivity contribution in [1.82, 2.24) is 4.57 Å². The zero-order valence-corrected chi connectivity index (χ0v) is 14.2. The lowest BCUT2D eigenvalue weighted by Crippen LogP contribution is -2.14. The minimum absolute atomic E-state index is 0.0978. The van der Waals surface area contributed by atoms with Gasteiger partial charge in [0.05, 0.1) is 23.9 Å². The molecule has 136 valence electrons. The van der Waals surface area contributed by atoms with Crippen molar-refractivity contribution in [3.8, 4) is 0 Å². The number of nitrogens with zero attached hydrogens (tertiary/aromatic N) is 1. The molecule has 2 heterocycles. The van der Waals surface area contributed by atoms with Crippen LogP contribution in [0.3, 0.4) is 0 Å². The molecule has 7 heteroatoms. The maximum Gasteiger partial charge on any atom is 0.416 e. The highest BCUT2D eigenvalue weighted by Crippen LogP contribution is 2.31. The van der Waals surface area contributed by atoms with Crippen LogP contribution in [0.4, 0.5) is 18.9 Å². The van der Waals surface area contributed by atoms with Crippen LogP contribution in [0.2, 0.25) is 0 Å². The molecule has 0 radical (unpaired) electrons. The van der Waals surface area contributed by atoms with Crippen molar-refractivity contribution in [1.29, 1.82) is 0 Å². The summed E-state index contributed by atoms with van der Waals surface area (Å²) in [5.41, 5.74) is 1.27. The Labute approximate surface area is 148 Å². The molecular weight excluding hydrogens is 345 g/mol. The number of anilines is 1. The van der Waals surface area contributed by atoms with Crippen molar-refractivity contribution >= 4 is 11.6 Å². The third-order valence-electron chi connectivity index (χ3n) is 4.16. The molecule has 3 rings (SSSR count). The van der Waals surface area contributed by atoms with Gasteiger partial charge in [0, 0.05) is 17.1 Å². The van der Waals surface area contributed by atoms with Crippen LogP contribution < -0.4 is 5.32 Å². The first-order valence-corrected chi connectivity index (χ1v) is 7.93. The summed E-state index contributed by atoms with van der Waals surface area (Å²) >= 11 is 0. The number of carbonyl (C=O) groups excluding carboxylic acids is 1. The monoisotopic (exact) mass is 362 g/mol. The Morgan fingerprint density at radius 3 is 2.58 bits per heavy atom. The molecule has 2 aromatic heterocycles. The molecule has 1 amide bonds. The second-order valence-corrected chi connectivity index (χ2v) is 5.98. The summed E-state index contributed by atoms with van der Waals surface area (Å²) in [7, 11) is 0. The summed E-state index contributed by atoms with van der Waals surface area (Å²) in [5.74, 6) is 0.291. The Bertz CT molecular complexity index is 925. The molecule has 1 aromatic carbocycles. The van der Waals surface area contributed by atoms with Crippen molar-refractivity contribution in [2.75, 3.05) is 5.32 Å². The third kappa shape index (κ3) is 3.66. The zero-order valence-electron chi connectivity index (χ0n) is 14.2. The van der Waals surface area contributed by atoms with E-state index in [-0.39, 0.29) is 5.69 Å². The van der Waals surface area contributed by atoms with Crippen molar-refractivity contribution < 1.29 is 22.4 Å². The normalized spacial score (nSPS) is 11.6. The van der Waals surface area contributed by atoms with Crippen LogP contribution in [0.25, 0.3) is 0 Å². The van der Waals surface area contributed by atoms with Gasteiger partial charge in [-0.2, -0.15) is 13.2 Å². The first-order valence-electron chi connectivity index (χ1n) is 7.93. The topological polar surface area (TPSA) is 47.2 Å². The van der Waals surface area contributed by atoms with E-state index in [9.17, 15) is 18.0 Å². The lowest BCUT2D eigenvalue weighted by Gasteiger charge is -2.10. The molecule has 4 nitrogen and oxygen atoms in total. The van der Waals surface area contributed by atoms with Crippen molar-refractivity contribution in [3.05, 3.63) is 77.0 Å². The molecule has 0 spiro atoms. The number of amides is 1. The van der Waals surface area contributed by atoms with E-state index in [2.05, 4.69) is 5.32 Å². The fourth-order valence-electron chi connectivity index (χ4n) is 2.80. The number of nitrogens with one attached hydrogen (secondary N) is 1. The van der Waals surface area contributed by atoms with Crippen LogP contribution >= 0.6 is 0 Å². The van der Waals surface area contributed by atoms with Gasteiger partial charge in [-0.05, 0) is 50.2 Å². The SMILES string of the molecule is Cc1cc(C(=O)Nc2cccc(C(F)(F)F)c2)c(C)n1Cc1ccco1. The quantitative estimate of drug-likeness (QED) is 0.709. The van der Waals surface area contributed by atoms with E-state index in [0.717, 1.165) is 23.6 Å². The number of carbonyl (C=O) groups is 1. The average Bonchev–Trinajstić information content (AvgIpc) is 3.18. The van der Waals surface area contributed by atoms with Crippen LogP contribution in [0.1, 0.15) is 33.1 Å². The van der Waals surface area contributed by atoms with Crippen LogP contribution in [-0.4, -0.2) is 10.5 Å². The molecule has 3 aromatic rings. The average molecular weight is 362 g/mol. The summed E-state index contributed by atoms with van der Waals surface area (Å²) in [6, 6.07) is 9.89. The number of hydrogen-bond acceptors (Lipinski definition) is 2. The molecule has 0 aliphatic carbocycles. The number of alkyl halides is 3. The summed E-state index contributed by atoms with van der Waals surface area (Å²) in [6.07, 6.45) is -2.88. The molecule has 0 saturated heterocycles. The second kappa shape index (κ2) is 6.74. The summed E-state index contributed by atoms with van der Waals surface area (Å²) < 4.78 is 45.7. The van der Waals surface area contributed by atoms with Gasteiger partial charge in [0.2, 0.25) is 0 Å². The van der Waals surface area contributed by atoms with Crippen LogP contribution in [0, 0.1) is 13.8 Å². The number of halogens is 3. The van der Waals surface area contributed by atoms with Gasteiger partial charge in [-0.3, -0.25) is 4.79 Å². The van der Waals surface area contributed by atoms with Gasteiger partial charge in [-0.1, -0.05) is 6.07 Å². The van der Waals surface area contributed by atoms with Crippen LogP contribution in [0.15, 0.2) is 53.1 Å². The summed E-state index contributed by atoms with van der Waals surface area (Å²) in [4.78, 5) is 12.5. The maximum atomic E-state index is 12.8. The summed E-state index contributed by atoms with van der Waals surface area (Å²) in [6.45, 7) is 4.12. The standard InChI is InChI=1S/C19H17F3N2O2/c1-12-9-17(13(2)24(12)11-16-7-4-8-26-16)18(25)23-15-6-3-5-14(10-15)19(20,21)22/h3-10H,11H2,1-2H3,(H,23,25). The fraction of sp³-hybridized carbons (Fsp3) is 0.211. The lowest BCUT2D eigenvalue weighted by molar-refractivity contribution is -0.137. The van der Waals surface area contributed by atoms with E-state index in [4.69, 9.17) is 4.42 Å². The van der Waals surface area contributed by atoms with E-state index in [1.54, 1.807) is 25.3 Å². The van der Waals surface area contributed by atoms with E-state index >= 15 is 0 Å². The van der Waals surface area contributed by atoms with Gasteiger partial charge >= 0.3 is 6.18 Å². The molecule has 0 aliphatic rings. The summed E-state index contributed by atoms with van der Waals surface area (Å²) in [5, 5.41) is 2.54. The highest BCUT2D eigenvalue weighted by Gasteiger charge is 2.30. The first kappa shape index (κ1) is 17.8. The van der Waals surface area contributed by atoms with E-state index in [0.29, 0.717) is 17.8 Å². The molecular formula is C19H17F3N2O2. The highest BCUT2D eigenvalue weighted by molar-refractivity contribution is 6.05. The predicted octanol–water partition coefficient (Wildman–Crippen LogP) is 5.02. The highest BCUT2D eigenvalue weighted by atomic mass is 19.4. The van der Waals surface area contributed by atoms with Crippen LogP contribution in [-0.2, 0) is 12.7 Å². The van der Waals surface area contributed by atoms with Gasteiger partial charge in [0.25, 0.3) is 5.91 Å². The van der Waals surface area contributed by atoms with E-state index in [1.807, 2.05) is 17.6 Å². The fourth-order valence-corrected chi connectivity index (χ4v) is 2.80. The van der Waals surface area contributed by atoms with Gasteiger partial charge in [-0.15, -0.1) is 0 Å². The number of aryl methyl sites for hydroxylation is 1. The predicted molar refractivity (Wildman–Crippen MR) is 91.1 cm³/mol. The van der Waals surface area contributed by atoms with Gasteiger partial charge in [0.1, 0.15) is 5.76 Å². The minimum atomic E-state index is -4.46. The number of hydrogen-bond donors (Lipinski definition) is 1. The lowest BCUT2D eigenvalue weighted by atomic mass is 10.1. The number of rotatable bonds is 4. The first-order chi connectivity index (χ1) is 12.3. The molecule has 1 N–H and O–H groups in total. The van der Waals surface area contributed by atoms with Gasteiger partial charge in [-0.25, -0.2) is 0 Å². The molecule has 26 heavy (non-hydrogen) atoms. The molecule has 0 unspecified atom stereocenters. The molecule has 0 bridgehead atoms. The largest absolute Gasteiger partial charge is 0.467 e. The minimum Gasteiger partial charge on any atom is -0.467 e. The Morgan fingerprint density at radius 2 is 1.92 bits per heavy atom. The smallest absolute Gasteiger partial charge is 0.416 e. The van der Waals surface area contributed by atoms with Gasteiger partial charge < -0.3 is 14.3 Å². The van der Waals surface area contributed by atoms with Crippen LogP contribution in [0.5, 0.6) is 0 Å². The van der Waals surface area contributed by atoms with Crippen molar-refractivity contribution in [2.45, 2.75) is 26.6 Å². The Morgan fingerprint density at radius 1 is 1.15 bits per heavy atom.